The van der Waals surface area contributed by atoms with Crippen LogP contribution in [0.2, 0.25) is 0 Å². The maximum Gasteiger partial charge on any atom is 0.0365 e. The molecule has 2 aliphatic carbocycles. The van der Waals surface area contributed by atoms with Crippen molar-refractivity contribution in [1.82, 2.24) is 0 Å². The minimum absolute atomic E-state index is 0.503. The molecule has 1 aromatic heterocycles. The van der Waals surface area contributed by atoms with Gasteiger partial charge in [0.05, 0.1) is 0 Å². The molecule has 0 spiro atoms. The Morgan fingerprint density at radius 3 is 2.81 bits per heavy atom. The van der Waals surface area contributed by atoms with Gasteiger partial charge in [0.1, 0.15) is 0 Å². The molecule has 1 heterocycles. The molecule has 5 rings (SSSR count). The fourth-order valence-electron chi connectivity index (χ4n) is 4.56. The summed E-state index contributed by atoms with van der Waals surface area (Å²) >= 11 is 5.88. The maximum atomic E-state index is 3.96. The molecule has 130 valence electrons. The van der Waals surface area contributed by atoms with Gasteiger partial charge in [-0.05, 0) is 89.0 Å². The third-order valence-corrected chi connectivity index (χ3v) is 8.14. The van der Waals surface area contributed by atoms with Crippen molar-refractivity contribution < 1.29 is 0 Å². The van der Waals surface area contributed by atoms with Crippen molar-refractivity contribution in [3.63, 3.8) is 0 Å². The van der Waals surface area contributed by atoms with Crippen LogP contribution in [0.5, 0.6) is 0 Å². The monoisotopic (exact) mass is 420 g/mol. The second-order valence-electron chi connectivity index (χ2n) is 7.61. The average Bonchev–Trinajstić information content (AvgIpc) is 3.26. The van der Waals surface area contributed by atoms with Crippen molar-refractivity contribution in [1.29, 1.82) is 0 Å². The molecule has 26 heavy (non-hydrogen) atoms. The minimum atomic E-state index is 0.503. The minimum Gasteiger partial charge on any atom is -0.140 e. The van der Waals surface area contributed by atoms with E-state index in [1.54, 1.807) is 5.57 Å². The van der Waals surface area contributed by atoms with Crippen molar-refractivity contribution in [3.8, 4) is 0 Å². The van der Waals surface area contributed by atoms with Crippen molar-refractivity contribution in [2.24, 2.45) is 0 Å². The van der Waals surface area contributed by atoms with Crippen LogP contribution in [0.15, 0.2) is 46.5 Å². The van der Waals surface area contributed by atoms with Gasteiger partial charge in [-0.1, -0.05) is 42.0 Å². The van der Waals surface area contributed by atoms with E-state index in [4.69, 9.17) is 0 Å². The molecule has 3 aromatic rings. The Morgan fingerprint density at radius 2 is 1.96 bits per heavy atom. The van der Waals surface area contributed by atoms with E-state index in [0.717, 1.165) is 12.8 Å². The van der Waals surface area contributed by atoms with Crippen LogP contribution in [-0.2, 0) is 6.42 Å². The highest BCUT2D eigenvalue weighted by atomic mass is 79.9. The largest absolute Gasteiger partial charge is 0.140 e. The van der Waals surface area contributed by atoms with Crippen LogP contribution in [0.4, 0.5) is 0 Å². The van der Waals surface area contributed by atoms with E-state index in [9.17, 15) is 0 Å². The summed E-state index contributed by atoms with van der Waals surface area (Å²) in [5, 5.41) is 1.42. The molecule has 0 nitrogen and oxygen atoms in total. The second-order valence-corrected chi connectivity index (χ2v) is 9.66. The van der Waals surface area contributed by atoms with Gasteiger partial charge in [0.15, 0.2) is 0 Å². The molecule has 0 saturated carbocycles. The van der Waals surface area contributed by atoms with Crippen molar-refractivity contribution in [2.75, 3.05) is 0 Å². The maximum absolute atomic E-state index is 3.96. The first-order valence-electron chi connectivity index (χ1n) is 9.21. The summed E-state index contributed by atoms with van der Waals surface area (Å²) in [4.78, 5) is 1.43. The molecule has 0 N–H and O–H groups in total. The molecule has 0 fully saturated rings. The number of fused-ring (bicyclic) bond motifs is 3. The predicted octanol–water partition coefficient (Wildman–Crippen LogP) is 7.81. The molecule has 0 aliphatic heterocycles. The van der Waals surface area contributed by atoms with Gasteiger partial charge in [0, 0.05) is 25.4 Å². The Morgan fingerprint density at radius 1 is 1.15 bits per heavy atom. The Hall–Kier alpha value is -1.64. The second kappa shape index (κ2) is 5.94. The zero-order valence-electron chi connectivity index (χ0n) is 15.3. The molecular formula is C24H21BrS. The quantitative estimate of drug-likeness (QED) is 0.396. The van der Waals surface area contributed by atoms with Crippen LogP contribution in [0, 0.1) is 13.8 Å². The average molecular weight is 421 g/mol. The van der Waals surface area contributed by atoms with Crippen LogP contribution in [-0.4, -0.2) is 0 Å². The van der Waals surface area contributed by atoms with Crippen LogP contribution in [0.25, 0.3) is 21.7 Å². The number of hydrogen-bond acceptors (Lipinski definition) is 1. The highest BCUT2D eigenvalue weighted by Crippen LogP contribution is 2.48. The highest BCUT2D eigenvalue weighted by molar-refractivity contribution is 9.10. The predicted molar refractivity (Wildman–Crippen MR) is 118 cm³/mol. The third-order valence-electron chi connectivity index (χ3n) is 6.11. The van der Waals surface area contributed by atoms with Crippen LogP contribution in [0.3, 0.4) is 0 Å². The first kappa shape index (κ1) is 16.5. The first-order valence-corrected chi connectivity index (χ1v) is 10.8. The molecule has 2 aliphatic rings. The lowest BCUT2D eigenvalue weighted by atomic mass is 9.90. The molecule has 2 aromatic carbocycles. The van der Waals surface area contributed by atoms with E-state index in [1.165, 1.54) is 52.8 Å². The number of benzene rings is 2. The Bertz CT molecular complexity index is 1130. The smallest absolute Gasteiger partial charge is 0.0365 e. The highest BCUT2D eigenvalue weighted by Gasteiger charge is 2.27. The van der Waals surface area contributed by atoms with E-state index < -0.39 is 0 Å². The van der Waals surface area contributed by atoms with Gasteiger partial charge in [-0.15, -0.1) is 11.3 Å². The van der Waals surface area contributed by atoms with Gasteiger partial charge >= 0.3 is 0 Å². The normalized spacial score (nSPS) is 18.1. The third kappa shape index (κ3) is 2.32. The molecule has 0 amide bonds. The van der Waals surface area contributed by atoms with Crippen molar-refractivity contribution >= 4 is 49.0 Å². The SMILES string of the molecule is CC1=C(CC2C=Cc3ccccc32)c2cc3sc(C)c(C)c3c(Br)c2C1. The summed E-state index contributed by atoms with van der Waals surface area (Å²) in [5.74, 6) is 0.503. The number of halogens is 1. The van der Waals surface area contributed by atoms with Gasteiger partial charge in [-0.2, -0.15) is 0 Å². The lowest BCUT2D eigenvalue weighted by molar-refractivity contribution is 0.890. The standard InChI is InChI=1S/C24H21BrS/c1-13-10-21-20(12-22-23(24(21)25)14(2)15(3)26-22)19(13)11-17-9-8-16-6-4-5-7-18(16)17/h4-9,12,17H,10-11H2,1-3H3. The van der Waals surface area contributed by atoms with Crippen molar-refractivity contribution in [3.05, 3.63) is 79.1 Å². The fourth-order valence-corrected chi connectivity index (χ4v) is 6.68. The van der Waals surface area contributed by atoms with E-state index in [-0.39, 0.29) is 0 Å². The first-order chi connectivity index (χ1) is 12.5. The zero-order chi connectivity index (χ0) is 18.0. The van der Waals surface area contributed by atoms with Gasteiger partial charge in [-0.3, -0.25) is 0 Å². The summed E-state index contributed by atoms with van der Waals surface area (Å²) in [6.45, 7) is 6.81. The van der Waals surface area contributed by atoms with Gasteiger partial charge in [0.2, 0.25) is 0 Å². The van der Waals surface area contributed by atoms with Crippen LogP contribution < -0.4 is 0 Å². The van der Waals surface area contributed by atoms with Crippen LogP contribution in [0.1, 0.15) is 52.0 Å². The molecule has 2 heteroatoms. The summed E-state index contributed by atoms with van der Waals surface area (Å²) in [6.07, 6.45) is 6.86. The number of allylic oxidation sites excluding steroid dienone is 3. The summed E-state index contributed by atoms with van der Waals surface area (Å²) in [6, 6.07) is 11.3. The fraction of sp³-hybridized carbons (Fsp3) is 0.250. The molecule has 0 saturated heterocycles. The van der Waals surface area contributed by atoms with Gasteiger partial charge in [0.25, 0.3) is 0 Å². The Labute approximate surface area is 167 Å². The molecular weight excluding hydrogens is 400 g/mol. The Kier molecular flexibility index (Phi) is 3.77. The van der Waals surface area contributed by atoms with E-state index in [1.807, 2.05) is 11.3 Å². The summed E-state index contributed by atoms with van der Waals surface area (Å²) < 4.78 is 2.74. The van der Waals surface area contributed by atoms with Crippen molar-refractivity contribution in [2.45, 2.75) is 39.5 Å². The molecule has 0 bridgehead atoms. The number of rotatable bonds is 2. The van der Waals surface area contributed by atoms with Crippen LogP contribution >= 0.6 is 27.3 Å². The lowest BCUT2D eigenvalue weighted by Gasteiger charge is -2.15. The zero-order valence-corrected chi connectivity index (χ0v) is 17.7. The molecule has 1 atom stereocenters. The molecule has 1 unspecified atom stereocenters. The number of thiophene rings is 1. The number of aryl methyl sites for hydroxylation is 2. The van der Waals surface area contributed by atoms with E-state index >= 15 is 0 Å². The summed E-state index contributed by atoms with van der Waals surface area (Å²) in [7, 11) is 0. The Balaban J connectivity index is 1.60. The summed E-state index contributed by atoms with van der Waals surface area (Å²) in [5.41, 5.74) is 10.3. The van der Waals surface area contributed by atoms with Gasteiger partial charge in [-0.25, -0.2) is 0 Å². The topological polar surface area (TPSA) is 0 Å². The lowest BCUT2D eigenvalue weighted by Crippen LogP contribution is -1.96. The number of hydrogen-bond donors (Lipinski definition) is 0. The molecule has 0 radical (unpaired) electrons. The van der Waals surface area contributed by atoms with E-state index in [0.29, 0.717) is 5.92 Å². The van der Waals surface area contributed by atoms with Gasteiger partial charge < -0.3 is 0 Å². The van der Waals surface area contributed by atoms with E-state index in [2.05, 4.69) is 79.2 Å².